The van der Waals surface area contributed by atoms with Crippen molar-refractivity contribution in [1.82, 2.24) is 4.72 Å². The number of halogens is 1. The Morgan fingerprint density at radius 3 is 2.47 bits per heavy atom. The van der Waals surface area contributed by atoms with Gasteiger partial charge in [0.2, 0.25) is 10.0 Å². The molecule has 1 aliphatic heterocycles. The quantitative estimate of drug-likeness (QED) is 0.865. The van der Waals surface area contributed by atoms with Crippen LogP contribution in [0.2, 0.25) is 5.02 Å². The van der Waals surface area contributed by atoms with Crippen LogP contribution in [0.5, 0.6) is 0 Å². The molecule has 1 aromatic carbocycles. The molecule has 19 heavy (non-hydrogen) atoms. The van der Waals surface area contributed by atoms with Gasteiger partial charge < -0.3 is 9.47 Å². The highest BCUT2D eigenvalue weighted by atomic mass is 35.5. The van der Waals surface area contributed by atoms with Crippen LogP contribution in [0, 0.1) is 0 Å². The van der Waals surface area contributed by atoms with E-state index in [1.807, 2.05) is 0 Å². The van der Waals surface area contributed by atoms with E-state index in [0.717, 1.165) is 0 Å². The largest absolute Gasteiger partial charge is 0.350 e. The van der Waals surface area contributed by atoms with Crippen molar-refractivity contribution in [2.45, 2.75) is 18.5 Å². The molecule has 0 aliphatic carbocycles. The third-order valence-corrected chi connectivity index (χ3v) is 4.27. The summed E-state index contributed by atoms with van der Waals surface area (Å²) in [6, 6.07) is 6.74. The van der Waals surface area contributed by atoms with E-state index in [9.17, 15) is 8.42 Å². The smallest absolute Gasteiger partial charge is 0.215 e. The Morgan fingerprint density at radius 2 is 1.84 bits per heavy atom. The molecule has 1 fully saturated rings. The molecule has 0 spiro atoms. The fourth-order valence-electron chi connectivity index (χ4n) is 1.76. The van der Waals surface area contributed by atoms with E-state index in [2.05, 4.69) is 4.72 Å². The van der Waals surface area contributed by atoms with Crippen molar-refractivity contribution in [2.75, 3.05) is 19.8 Å². The van der Waals surface area contributed by atoms with Gasteiger partial charge in [-0.15, -0.1) is 0 Å². The second-order valence-electron chi connectivity index (χ2n) is 4.24. The normalized spacial score (nSPS) is 16.9. The van der Waals surface area contributed by atoms with E-state index in [-0.39, 0.29) is 12.0 Å². The first-order valence-electron chi connectivity index (χ1n) is 6.00. The molecule has 1 N–H and O–H groups in total. The number of hydrogen-bond donors (Lipinski definition) is 1. The summed E-state index contributed by atoms with van der Waals surface area (Å²) in [5.41, 5.74) is 0.699. The Labute approximate surface area is 117 Å². The molecule has 0 aromatic heterocycles. The molecule has 106 valence electrons. The minimum absolute atomic E-state index is 0.0590. The Morgan fingerprint density at radius 1 is 1.21 bits per heavy atom. The van der Waals surface area contributed by atoms with Gasteiger partial charge in [0.05, 0.1) is 19.0 Å². The maximum Gasteiger partial charge on any atom is 0.215 e. The molecule has 0 amide bonds. The van der Waals surface area contributed by atoms with E-state index >= 15 is 0 Å². The van der Waals surface area contributed by atoms with Crippen LogP contribution in [0.3, 0.4) is 0 Å². The SMILES string of the molecule is O=S(=O)(Cc1ccc(Cl)cc1)NCCC1OCCO1. The first kappa shape index (κ1) is 14.7. The van der Waals surface area contributed by atoms with E-state index < -0.39 is 10.0 Å². The zero-order valence-corrected chi connectivity index (χ0v) is 11.9. The van der Waals surface area contributed by atoms with Gasteiger partial charge in [0.1, 0.15) is 0 Å². The van der Waals surface area contributed by atoms with E-state index in [4.69, 9.17) is 21.1 Å². The monoisotopic (exact) mass is 305 g/mol. The average Bonchev–Trinajstić information content (AvgIpc) is 2.85. The second-order valence-corrected chi connectivity index (χ2v) is 6.48. The highest BCUT2D eigenvalue weighted by Gasteiger charge is 2.17. The number of benzene rings is 1. The fourth-order valence-corrected chi connectivity index (χ4v) is 3.05. The predicted molar refractivity (Wildman–Crippen MR) is 72.4 cm³/mol. The molecular formula is C12H16ClNO4S. The van der Waals surface area contributed by atoms with Crippen LogP contribution < -0.4 is 4.72 Å². The van der Waals surface area contributed by atoms with Gasteiger partial charge in [-0.05, 0) is 17.7 Å². The molecule has 2 rings (SSSR count). The van der Waals surface area contributed by atoms with Crippen LogP contribution >= 0.6 is 11.6 Å². The number of nitrogens with one attached hydrogen (secondary N) is 1. The van der Waals surface area contributed by atoms with Crippen LogP contribution in [-0.2, 0) is 25.2 Å². The van der Waals surface area contributed by atoms with Gasteiger partial charge in [-0.1, -0.05) is 23.7 Å². The predicted octanol–water partition coefficient (Wildman–Crippen LogP) is 1.52. The van der Waals surface area contributed by atoms with Crippen molar-refractivity contribution in [3.8, 4) is 0 Å². The molecule has 5 nitrogen and oxygen atoms in total. The molecule has 0 unspecified atom stereocenters. The summed E-state index contributed by atoms with van der Waals surface area (Å²) in [5.74, 6) is -0.0590. The topological polar surface area (TPSA) is 64.6 Å². The number of sulfonamides is 1. The summed E-state index contributed by atoms with van der Waals surface area (Å²) in [5, 5.41) is 0.588. The fraction of sp³-hybridized carbons (Fsp3) is 0.500. The van der Waals surface area contributed by atoms with Gasteiger partial charge >= 0.3 is 0 Å². The zero-order chi connectivity index (χ0) is 13.7. The molecule has 1 saturated heterocycles. The van der Waals surface area contributed by atoms with Crippen molar-refractivity contribution in [1.29, 1.82) is 0 Å². The first-order chi connectivity index (χ1) is 9.05. The van der Waals surface area contributed by atoms with Gasteiger partial charge in [-0.25, -0.2) is 13.1 Å². The van der Waals surface area contributed by atoms with Crippen LogP contribution in [0.1, 0.15) is 12.0 Å². The van der Waals surface area contributed by atoms with Gasteiger partial charge in [-0.2, -0.15) is 0 Å². The van der Waals surface area contributed by atoms with Crippen molar-refractivity contribution >= 4 is 21.6 Å². The van der Waals surface area contributed by atoms with Gasteiger partial charge in [0.25, 0.3) is 0 Å². The first-order valence-corrected chi connectivity index (χ1v) is 8.03. The highest BCUT2D eigenvalue weighted by molar-refractivity contribution is 7.88. The van der Waals surface area contributed by atoms with Crippen LogP contribution in [-0.4, -0.2) is 34.5 Å². The van der Waals surface area contributed by atoms with Crippen molar-refractivity contribution in [2.24, 2.45) is 0 Å². The summed E-state index contributed by atoms with van der Waals surface area (Å²) in [7, 11) is -3.34. The van der Waals surface area contributed by atoms with Gasteiger partial charge in [0.15, 0.2) is 6.29 Å². The molecule has 0 bridgehead atoms. The molecule has 1 aliphatic rings. The van der Waals surface area contributed by atoms with Crippen molar-refractivity contribution in [3.63, 3.8) is 0 Å². The number of rotatable bonds is 6. The lowest BCUT2D eigenvalue weighted by Crippen LogP contribution is -2.28. The van der Waals surface area contributed by atoms with Gasteiger partial charge in [0, 0.05) is 18.0 Å². The molecule has 1 aromatic rings. The lowest BCUT2D eigenvalue weighted by Gasteiger charge is -2.10. The third-order valence-electron chi connectivity index (χ3n) is 2.66. The zero-order valence-electron chi connectivity index (χ0n) is 10.3. The van der Waals surface area contributed by atoms with Crippen molar-refractivity contribution in [3.05, 3.63) is 34.9 Å². The summed E-state index contributed by atoms with van der Waals surface area (Å²) in [6.45, 7) is 1.45. The number of hydrogen-bond acceptors (Lipinski definition) is 4. The maximum absolute atomic E-state index is 11.8. The highest BCUT2D eigenvalue weighted by Crippen LogP contribution is 2.12. The Kier molecular flexibility index (Phi) is 5.18. The van der Waals surface area contributed by atoms with Gasteiger partial charge in [-0.3, -0.25) is 0 Å². The lowest BCUT2D eigenvalue weighted by molar-refractivity contribution is -0.0451. The Hall–Kier alpha value is -0.660. The van der Waals surface area contributed by atoms with E-state index in [0.29, 0.717) is 36.8 Å². The summed E-state index contributed by atoms with van der Waals surface area (Å²) >= 11 is 5.75. The lowest BCUT2D eigenvalue weighted by atomic mass is 10.2. The van der Waals surface area contributed by atoms with Crippen LogP contribution in [0.4, 0.5) is 0 Å². The Balaban J connectivity index is 1.79. The molecule has 7 heteroatoms. The number of ether oxygens (including phenoxy) is 2. The van der Waals surface area contributed by atoms with Crippen LogP contribution in [0.15, 0.2) is 24.3 Å². The Bertz CT molecular complexity index is 497. The molecule has 0 atom stereocenters. The van der Waals surface area contributed by atoms with Crippen molar-refractivity contribution < 1.29 is 17.9 Å². The maximum atomic E-state index is 11.8. The van der Waals surface area contributed by atoms with E-state index in [1.165, 1.54) is 0 Å². The third kappa shape index (κ3) is 5.08. The summed E-state index contributed by atoms with van der Waals surface area (Å²) in [4.78, 5) is 0. The molecular weight excluding hydrogens is 290 g/mol. The minimum Gasteiger partial charge on any atom is -0.350 e. The van der Waals surface area contributed by atoms with Crippen LogP contribution in [0.25, 0.3) is 0 Å². The minimum atomic E-state index is -3.34. The standard InChI is InChI=1S/C12H16ClNO4S/c13-11-3-1-10(2-4-11)9-19(15,16)14-6-5-12-17-7-8-18-12/h1-4,12,14H,5-9H2. The second kappa shape index (κ2) is 6.67. The summed E-state index contributed by atoms with van der Waals surface area (Å²) < 4.78 is 36.6. The summed E-state index contributed by atoms with van der Waals surface area (Å²) in [6.07, 6.45) is 0.220. The molecule has 0 saturated carbocycles. The molecule has 0 radical (unpaired) electrons. The van der Waals surface area contributed by atoms with E-state index in [1.54, 1.807) is 24.3 Å². The molecule has 1 heterocycles. The average molecular weight is 306 g/mol.